The van der Waals surface area contributed by atoms with Crippen molar-refractivity contribution < 1.29 is 14.7 Å². The van der Waals surface area contributed by atoms with E-state index in [2.05, 4.69) is 11.4 Å². The Morgan fingerprint density at radius 3 is 2.95 bits per heavy atom. The average molecular weight is 295 g/mol. The Bertz CT molecular complexity index is 444. The van der Waals surface area contributed by atoms with Crippen LogP contribution in [0.25, 0.3) is 0 Å². The van der Waals surface area contributed by atoms with Crippen molar-refractivity contribution in [3.8, 4) is 0 Å². The van der Waals surface area contributed by atoms with Crippen molar-refractivity contribution in [2.45, 2.75) is 51.0 Å². The van der Waals surface area contributed by atoms with E-state index in [0.717, 1.165) is 32.1 Å². The van der Waals surface area contributed by atoms with E-state index in [4.69, 9.17) is 5.11 Å². The fourth-order valence-electron chi connectivity index (χ4n) is 2.72. The Labute approximate surface area is 123 Å². The maximum absolute atomic E-state index is 11.9. The highest BCUT2D eigenvalue weighted by atomic mass is 32.1. The second-order valence-electron chi connectivity index (χ2n) is 5.40. The summed E-state index contributed by atoms with van der Waals surface area (Å²) in [5.74, 6) is -0.973. The van der Waals surface area contributed by atoms with Crippen LogP contribution in [0.15, 0.2) is 17.5 Å². The van der Waals surface area contributed by atoms with Crippen LogP contribution in [0.5, 0.6) is 0 Å². The highest BCUT2D eigenvalue weighted by Crippen LogP contribution is 2.24. The summed E-state index contributed by atoms with van der Waals surface area (Å²) in [4.78, 5) is 24.1. The Morgan fingerprint density at radius 1 is 1.40 bits per heavy atom. The molecule has 1 fully saturated rings. The second-order valence-corrected chi connectivity index (χ2v) is 6.43. The smallest absolute Gasteiger partial charge is 0.306 e. The number of carbonyl (C=O) groups is 2. The molecule has 1 saturated carbocycles. The van der Waals surface area contributed by atoms with Gasteiger partial charge in [0.2, 0.25) is 5.91 Å². The van der Waals surface area contributed by atoms with Gasteiger partial charge in [-0.25, -0.2) is 0 Å². The van der Waals surface area contributed by atoms with Crippen LogP contribution in [-0.4, -0.2) is 23.0 Å². The van der Waals surface area contributed by atoms with E-state index < -0.39 is 5.97 Å². The summed E-state index contributed by atoms with van der Waals surface area (Å²) in [5, 5.41) is 14.1. The Hall–Kier alpha value is -1.36. The van der Waals surface area contributed by atoms with Crippen LogP contribution in [0, 0.1) is 5.92 Å². The Balaban J connectivity index is 1.67. The van der Waals surface area contributed by atoms with Gasteiger partial charge in [0.25, 0.3) is 0 Å². The lowest BCUT2D eigenvalue weighted by Gasteiger charge is -2.27. The van der Waals surface area contributed by atoms with Gasteiger partial charge in [0.05, 0.1) is 5.92 Å². The molecule has 0 saturated heterocycles. The molecule has 5 heteroatoms. The molecule has 4 nitrogen and oxygen atoms in total. The molecule has 1 aromatic heterocycles. The Kier molecular flexibility index (Phi) is 5.59. The van der Waals surface area contributed by atoms with Crippen LogP contribution in [-0.2, 0) is 16.0 Å². The summed E-state index contributed by atoms with van der Waals surface area (Å²) < 4.78 is 0. The SMILES string of the molecule is O=C(CCCc1cccs1)NC1CCCC(C(=O)O)C1. The lowest BCUT2D eigenvalue weighted by Crippen LogP contribution is -2.39. The van der Waals surface area contributed by atoms with Crippen molar-refractivity contribution in [1.29, 1.82) is 0 Å². The molecule has 2 N–H and O–H groups in total. The van der Waals surface area contributed by atoms with Crippen LogP contribution in [0.3, 0.4) is 0 Å². The van der Waals surface area contributed by atoms with E-state index >= 15 is 0 Å². The normalized spacial score (nSPS) is 22.4. The van der Waals surface area contributed by atoms with Gasteiger partial charge in [-0.15, -0.1) is 11.3 Å². The van der Waals surface area contributed by atoms with Crippen LogP contribution >= 0.6 is 11.3 Å². The molecule has 0 radical (unpaired) electrons. The molecule has 1 aliphatic rings. The molecule has 20 heavy (non-hydrogen) atoms. The number of thiophene rings is 1. The first-order chi connectivity index (χ1) is 9.65. The van der Waals surface area contributed by atoms with E-state index in [-0.39, 0.29) is 17.9 Å². The fourth-order valence-corrected chi connectivity index (χ4v) is 3.47. The standard InChI is InChI=1S/C15H21NO3S/c17-14(8-2-6-13-7-3-9-20-13)16-12-5-1-4-11(10-12)15(18)19/h3,7,9,11-12H,1-2,4-6,8,10H2,(H,16,17)(H,18,19). The third-order valence-electron chi connectivity index (χ3n) is 3.80. The predicted octanol–water partition coefficient (Wildman–Crippen LogP) is 2.83. The van der Waals surface area contributed by atoms with Crippen LogP contribution < -0.4 is 5.32 Å². The number of carboxylic acids is 1. The minimum atomic E-state index is -0.735. The van der Waals surface area contributed by atoms with Gasteiger partial charge in [-0.3, -0.25) is 9.59 Å². The van der Waals surface area contributed by atoms with Crippen molar-refractivity contribution in [3.63, 3.8) is 0 Å². The van der Waals surface area contributed by atoms with Gasteiger partial charge < -0.3 is 10.4 Å². The van der Waals surface area contributed by atoms with Gasteiger partial charge in [0, 0.05) is 17.3 Å². The highest BCUT2D eigenvalue weighted by Gasteiger charge is 2.27. The van der Waals surface area contributed by atoms with Crippen LogP contribution in [0.2, 0.25) is 0 Å². The largest absolute Gasteiger partial charge is 0.481 e. The summed E-state index contributed by atoms with van der Waals surface area (Å²) in [7, 11) is 0. The first-order valence-corrected chi connectivity index (χ1v) is 8.07. The molecular weight excluding hydrogens is 274 g/mol. The summed E-state index contributed by atoms with van der Waals surface area (Å²) in [6, 6.07) is 4.15. The number of carbonyl (C=O) groups excluding carboxylic acids is 1. The second kappa shape index (κ2) is 7.43. The molecule has 2 rings (SSSR count). The number of hydrogen-bond acceptors (Lipinski definition) is 3. The lowest BCUT2D eigenvalue weighted by atomic mass is 9.86. The zero-order chi connectivity index (χ0) is 14.4. The predicted molar refractivity (Wildman–Crippen MR) is 78.8 cm³/mol. The molecule has 1 heterocycles. The lowest BCUT2D eigenvalue weighted by molar-refractivity contribution is -0.143. The topological polar surface area (TPSA) is 66.4 Å². The van der Waals surface area contributed by atoms with E-state index in [9.17, 15) is 9.59 Å². The number of carboxylic acid groups (broad SMARTS) is 1. The molecule has 0 bridgehead atoms. The fraction of sp³-hybridized carbons (Fsp3) is 0.600. The maximum atomic E-state index is 11.9. The van der Waals surface area contributed by atoms with Gasteiger partial charge in [0.1, 0.15) is 0 Å². The number of aliphatic carboxylic acids is 1. The molecule has 1 amide bonds. The highest BCUT2D eigenvalue weighted by molar-refractivity contribution is 7.09. The van der Waals surface area contributed by atoms with Crippen LogP contribution in [0.4, 0.5) is 0 Å². The average Bonchev–Trinajstić information content (AvgIpc) is 2.92. The molecule has 0 aliphatic heterocycles. The van der Waals surface area contributed by atoms with Crippen molar-refractivity contribution in [1.82, 2.24) is 5.32 Å². The Morgan fingerprint density at radius 2 is 2.25 bits per heavy atom. The number of nitrogens with one attached hydrogen (secondary N) is 1. The molecule has 2 atom stereocenters. The molecular formula is C15H21NO3S. The van der Waals surface area contributed by atoms with E-state index in [1.807, 2.05) is 11.4 Å². The van der Waals surface area contributed by atoms with E-state index in [0.29, 0.717) is 12.8 Å². The van der Waals surface area contributed by atoms with Gasteiger partial charge in [-0.1, -0.05) is 12.5 Å². The van der Waals surface area contributed by atoms with Crippen LogP contribution in [0.1, 0.15) is 43.4 Å². The van der Waals surface area contributed by atoms with Crippen molar-refractivity contribution in [2.75, 3.05) is 0 Å². The minimum Gasteiger partial charge on any atom is -0.481 e. The maximum Gasteiger partial charge on any atom is 0.306 e. The number of aryl methyl sites for hydroxylation is 1. The van der Waals surface area contributed by atoms with Crippen molar-refractivity contribution in [2.24, 2.45) is 5.92 Å². The first-order valence-electron chi connectivity index (χ1n) is 7.19. The zero-order valence-corrected chi connectivity index (χ0v) is 12.3. The number of rotatable bonds is 6. The van der Waals surface area contributed by atoms with Gasteiger partial charge in [0.15, 0.2) is 0 Å². The summed E-state index contributed by atoms with van der Waals surface area (Å²) in [5.41, 5.74) is 0. The molecule has 1 aliphatic carbocycles. The van der Waals surface area contributed by atoms with E-state index in [1.165, 1.54) is 4.88 Å². The van der Waals surface area contributed by atoms with Gasteiger partial charge in [-0.05, 0) is 43.6 Å². The minimum absolute atomic E-state index is 0.0408. The molecule has 110 valence electrons. The third-order valence-corrected chi connectivity index (χ3v) is 4.73. The van der Waals surface area contributed by atoms with Gasteiger partial charge >= 0.3 is 5.97 Å². The monoisotopic (exact) mass is 295 g/mol. The number of hydrogen-bond donors (Lipinski definition) is 2. The zero-order valence-electron chi connectivity index (χ0n) is 11.5. The quantitative estimate of drug-likeness (QED) is 0.848. The van der Waals surface area contributed by atoms with Crippen molar-refractivity contribution in [3.05, 3.63) is 22.4 Å². The molecule has 0 spiro atoms. The van der Waals surface area contributed by atoms with E-state index in [1.54, 1.807) is 11.3 Å². The molecule has 0 aromatic carbocycles. The summed E-state index contributed by atoms with van der Waals surface area (Å²) >= 11 is 1.72. The van der Waals surface area contributed by atoms with Gasteiger partial charge in [-0.2, -0.15) is 0 Å². The first kappa shape index (κ1) is 15.0. The third kappa shape index (κ3) is 4.63. The summed E-state index contributed by atoms with van der Waals surface area (Å²) in [6.45, 7) is 0. The number of amides is 1. The summed E-state index contributed by atoms with van der Waals surface area (Å²) in [6.07, 6.45) is 5.41. The van der Waals surface area contributed by atoms with Crippen molar-refractivity contribution >= 4 is 23.2 Å². The molecule has 2 unspecified atom stereocenters. The molecule has 1 aromatic rings.